The topological polar surface area (TPSA) is 130 Å². The number of H-pyrrole nitrogens is 1. The molecule has 3 heterocycles. The zero-order chi connectivity index (χ0) is 15.1. The Morgan fingerprint density at radius 1 is 1.36 bits per heavy atom. The maximum Gasteiger partial charge on any atom is 0.181 e. The number of anilines is 1. The Hall–Kier alpha value is -2.39. The van der Waals surface area contributed by atoms with Crippen LogP contribution in [0.25, 0.3) is 5.57 Å². The highest BCUT2D eigenvalue weighted by Gasteiger charge is 2.36. The third kappa shape index (κ3) is 2.14. The summed E-state index contributed by atoms with van der Waals surface area (Å²) >= 11 is 0. The van der Waals surface area contributed by atoms with Crippen molar-refractivity contribution in [3.05, 3.63) is 29.5 Å². The number of aromatic nitrogens is 6. The van der Waals surface area contributed by atoms with Crippen LogP contribution in [-0.2, 0) is 6.42 Å². The van der Waals surface area contributed by atoms with E-state index in [1.807, 2.05) is 0 Å². The van der Waals surface area contributed by atoms with Gasteiger partial charge >= 0.3 is 0 Å². The van der Waals surface area contributed by atoms with E-state index in [1.54, 1.807) is 0 Å². The van der Waals surface area contributed by atoms with E-state index in [-0.39, 0.29) is 5.92 Å². The molecular weight excluding hydrogens is 284 g/mol. The van der Waals surface area contributed by atoms with E-state index in [0.717, 1.165) is 29.8 Å². The molecule has 1 fully saturated rings. The van der Waals surface area contributed by atoms with Crippen molar-refractivity contribution in [3.63, 3.8) is 0 Å². The molecule has 0 spiro atoms. The molecule has 2 atom stereocenters. The van der Waals surface area contributed by atoms with Crippen molar-refractivity contribution in [2.45, 2.75) is 18.4 Å². The highest BCUT2D eigenvalue weighted by molar-refractivity contribution is 5.74. The van der Waals surface area contributed by atoms with Crippen LogP contribution in [0.1, 0.15) is 23.0 Å². The first-order valence-corrected chi connectivity index (χ1v) is 7.15. The summed E-state index contributed by atoms with van der Waals surface area (Å²) in [6.07, 6.45) is 3.90. The summed E-state index contributed by atoms with van der Waals surface area (Å²) in [6, 6.07) is 0. The second kappa shape index (κ2) is 5.11. The lowest BCUT2D eigenvalue weighted by molar-refractivity contribution is 0.164. The molecule has 0 unspecified atom stereocenters. The van der Waals surface area contributed by atoms with Crippen molar-refractivity contribution in [3.8, 4) is 0 Å². The Bertz CT molecular complexity index is 713. The molecule has 0 amide bonds. The Kier molecular flexibility index (Phi) is 3.09. The van der Waals surface area contributed by atoms with Gasteiger partial charge < -0.3 is 10.8 Å². The number of allylic oxidation sites excluding steroid dienone is 1. The summed E-state index contributed by atoms with van der Waals surface area (Å²) in [4.78, 5) is 10.5. The van der Waals surface area contributed by atoms with E-state index >= 15 is 0 Å². The monoisotopic (exact) mass is 300 g/mol. The summed E-state index contributed by atoms with van der Waals surface area (Å²) in [5.41, 5.74) is 8.93. The van der Waals surface area contributed by atoms with Gasteiger partial charge in [-0.15, -0.1) is 10.2 Å². The lowest BCUT2D eigenvalue weighted by Crippen LogP contribution is -2.24. The smallest absolute Gasteiger partial charge is 0.181 e. The number of hydrogen-bond acceptors (Lipinski definition) is 8. The fraction of sp³-hybridized carbons (Fsp3) is 0.462. The van der Waals surface area contributed by atoms with Gasteiger partial charge in [0.25, 0.3) is 0 Å². The number of likely N-dealkylation sites (tertiary alicyclic amines) is 1. The number of aromatic amines is 1. The molecule has 9 heteroatoms. The fourth-order valence-corrected chi connectivity index (χ4v) is 3.18. The van der Waals surface area contributed by atoms with Crippen LogP contribution in [0.4, 0.5) is 5.82 Å². The van der Waals surface area contributed by atoms with Crippen LogP contribution < -0.4 is 5.73 Å². The van der Waals surface area contributed by atoms with Crippen LogP contribution in [0.15, 0.2) is 12.4 Å². The lowest BCUT2D eigenvalue weighted by atomic mass is 10.1. The van der Waals surface area contributed by atoms with Crippen LogP contribution >= 0.6 is 0 Å². The van der Waals surface area contributed by atoms with E-state index in [0.29, 0.717) is 24.7 Å². The molecule has 2 aromatic rings. The molecule has 0 aromatic carbocycles. The van der Waals surface area contributed by atoms with Crippen LogP contribution in [0, 0.1) is 0 Å². The van der Waals surface area contributed by atoms with Gasteiger partial charge in [-0.1, -0.05) is 11.3 Å². The minimum absolute atomic E-state index is 0.115. The average molecular weight is 300 g/mol. The Labute approximate surface area is 126 Å². The van der Waals surface area contributed by atoms with Crippen LogP contribution in [0.2, 0.25) is 0 Å². The third-order valence-corrected chi connectivity index (χ3v) is 4.29. The standard InChI is InChI=1S/C13H16N8O/c14-12-8-2-1-7(11(8)15-6-16-12)3-21-4-9(10(22)5-21)13-17-19-20-18-13/h1,6,9-10,22H,2-5H2,(H2,14,15,16)(H,17,18,19,20)/t9-,10-/m0/s1. The first-order chi connectivity index (χ1) is 10.7. The second-order valence-corrected chi connectivity index (χ2v) is 5.66. The molecule has 1 aliphatic carbocycles. The van der Waals surface area contributed by atoms with E-state index in [1.165, 1.54) is 6.33 Å². The Balaban J connectivity index is 1.49. The molecule has 9 nitrogen and oxygen atoms in total. The van der Waals surface area contributed by atoms with Gasteiger partial charge in [0, 0.05) is 25.2 Å². The van der Waals surface area contributed by atoms with Gasteiger partial charge in [0.2, 0.25) is 0 Å². The molecule has 2 aromatic heterocycles. The summed E-state index contributed by atoms with van der Waals surface area (Å²) < 4.78 is 0. The molecule has 22 heavy (non-hydrogen) atoms. The number of rotatable bonds is 3. The van der Waals surface area contributed by atoms with Crippen molar-refractivity contribution in [2.75, 3.05) is 25.4 Å². The number of aliphatic hydroxyl groups excluding tert-OH is 1. The van der Waals surface area contributed by atoms with Crippen LogP contribution in [0.5, 0.6) is 0 Å². The number of tetrazole rings is 1. The molecule has 0 saturated carbocycles. The lowest BCUT2D eigenvalue weighted by Gasteiger charge is -2.16. The molecule has 2 aliphatic rings. The normalized spacial score (nSPS) is 24.5. The fourth-order valence-electron chi connectivity index (χ4n) is 3.18. The predicted octanol–water partition coefficient (Wildman–Crippen LogP) is -1.03. The first kappa shape index (κ1) is 13.3. The number of aliphatic hydroxyl groups is 1. The summed E-state index contributed by atoms with van der Waals surface area (Å²) in [7, 11) is 0. The number of fused-ring (bicyclic) bond motifs is 1. The van der Waals surface area contributed by atoms with Gasteiger partial charge in [-0.05, 0) is 12.0 Å². The van der Waals surface area contributed by atoms with Gasteiger partial charge in [0.1, 0.15) is 12.1 Å². The number of hydrogen-bond donors (Lipinski definition) is 3. The van der Waals surface area contributed by atoms with E-state index in [4.69, 9.17) is 5.73 Å². The SMILES string of the molecule is Nc1ncnc2c1CC=C2CN1C[C@H](c2nn[nH]n2)[C@@H](O)C1. The first-order valence-electron chi connectivity index (χ1n) is 7.15. The predicted molar refractivity (Wildman–Crippen MR) is 77.5 cm³/mol. The van der Waals surface area contributed by atoms with E-state index < -0.39 is 6.10 Å². The molecule has 4 N–H and O–H groups in total. The Morgan fingerprint density at radius 3 is 3.09 bits per heavy atom. The van der Waals surface area contributed by atoms with Crippen molar-refractivity contribution in [1.82, 2.24) is 35.5 Å². The van der Waals surface area contributed by atoms with Gasteiger partial charge in [0.15, 0.2) is 5.82 Å². The van der Waals surface area contributed by atoms with Crippen molar-refractivity contribution >= 4 is 11.4 Å². The molecule has 0 bridgehead atoms. The summed E-state index contributed by atoms with van der Waals surface area (Å²) in [6.45, 7) is 1.98. The van der Waals surface area contributed by atoms with Gasteiger partial charge in [-0.25, -0.2) is 9.97 Å². The van der Waals surface area contributed by atoms with Crippen LogP contribution in [-0.4, -0.2) is 66.3 Å². The third-order valence-electron chi connectivity index (χ3n) is 4.29. The maximum absolute atomic E-state index is 10.2. The summed E-state index contributed by atoms with van der Waals surface area (Å²) in [5, 5.41) is 24.2. The quantitative estimate of drug-likeness (QED) is 0.656. The largest absolute Gasteiger partial charge is 0.391 e. The van der Waals surface area contributed by atoms with Crippen molar-refractivity contribution < 1.29 is 5.11 Å². The van der Waals surface area contributed by atoms with Crippen molar-refractivity contribution in [1.29, 1.82) is 0 Å². The molecule has 1 saturated heterocycles. The van der Waals surface area contributed by atoms with Gasteiger partial charge in [-0.2, -0.15) is 5.21 Å². The van der Waals surface area contributed by atoms with E-state index in [2.05, 4.69) is 41.6 Å². The zero-order valence-corrected chi connectivity index (χ0v) is 11.8. The zero-order valence-electron chi connectivity index (χ0n) is 11.8. The van der Waals surface area contributed by atoms with Gasteiger partial charge in [-0.3, -0.25) is 4.90 Å². The molecule has 4 rings (SSSR count). The molecule has 114 valence electrons. The highest BCUT2D eigenvalue weighted by Crippen LogP contribution is 2.31. The minimum Gasteiger partial charge on any atom is -0.391 e. The van der Waals surface area contributed by atoms with Crippen molar-refractivity contribution in [2.24, 2.45) is 0 Å². The number of nitrogens with one attached hydrogen (secondary N) is 1. The number of nitrogens with two attached hydrogens (primary N) is 1. The number of nitrogens with zero attached hydrogens (tertiary/aromatic N) is 6. The minimum atomic E-state index is -0.491. The average Bonchev–Trinajstić information content (AvgIpc) is 3.20. The second-order valence-electron chi connectivity index (χ2n) is 5.66. The molecule has 1 aliphatic heterocycles. The highest BCUT2D eigenvalue weighted by atomic mass is 16.3. The van der Waals surface area contributed by atoms with Gasteiger partial charge in [0.05, 0.1) is 17.7 Å². The number of β-amino-alcohol motifs (C(OH)–C–C–N with tert-alkyl or cyclic N) is 1. The van der Waals surface area contributed by atoms with E-state index in [9.17, 15) is 5.11 Å². The maximum atomic E-state index is 10.2. The summed E-state index contributed by atoms with van der Waals surface area (Å²) in [5.74, 6) is 0.987. The van der Waals surface area contributed by atoms with Crippen LogP contribution in [0.3, 0.4) is 0 Å². The Morgan fingerprint density at radius 2 is 2.27 bits per heavy atom. The molecule has 0 radical (unpaired) electrons. The number of nitrogen functional groups attached to an aromatic ring is 1. The molecular formula is C13H16N8O.